The number of nitrogens with one attached hydrogen (secondary N) is 1. The first-order valence-corrected chi connectivity index (χ1v) is 6.31. The summed E-state index contributed by atoms with van der Waals surface area (Å²) in [6.07, 6.45) is 0.788. The zero-order valence-electron chi connectivity index (χ0n) is 11.2. The molecule has 0 aromatic heterocycles. The summed E-state index contributed by atoms with van der Waals surface area (Å²) in [5, 5.41) is 13.9. The van der Waals surface area contributed by atoms with Crippen molar-refractivity contribution in [2.75, 3.05) is 19.0 Å². The molecule has 0 saturated heterocycles. The van der Waals surface area contributed by atoms with Gasteiger partial charge in [0.1, 0.15) is 5.75 Å². The van der Waals surface area contributed by atoms with Gasteiger partial charge in [0.2, 0.25) is 0 Å². The first kappa shape index (κ1) is 13.9. The highest BCUT2D eigenvalue weighted by molar-refractivity contribution is 5.56. The van der Waals surface area contributed by atoms with Gasteiger partial charge in [-0.1, -0.05) is 24.3 Å². The van der Waals surface area contributed by atoms with E-state index < -0.39 is 4.92 Å². The Bertz CT molecular complexity index is 582. The van der Waals surface area contributed by atoms with Crippen molar-refractivity contribution in [3.05, 3.63) is 64.2 Å². The third-order valence-corrected chi connectivity index (χ3v) is 2.98. The predicted octanol–water partition coefficient (Wildman–Crippen LogP) is 3.26. The molecule has 0 spiro atoms. The van der Waals surface area contributed by atoms with Gasteiger partial charge in [-0.2, -0.15) is 0 Å². The van der Waals surface area contributed by atoms with E-state index in [1.54, 1.807) is 19.2 Å². The maximum absolute atomic E-state index is 10.6. The minimum atomic E-state index is -0.392. The van der Waals surface area contributed by atoms with Gasteiger partial charge < -0.3 is 10.1 Å². The number of rotatable bonds is 6. The molecule has 0 heterocycles. The van der Waals surface area contributed by atoms with Crippen molar-refractivity contribution < 1.29 is 9.66 Å². The Morgan fingerprint density at radius 1 is 1.15 bits per heavy atom. The standard InChI is InChI=1S/C15H16N2O3/c1-20-15-5-3-2-4-14(15)16-11-10-12-6-8-13(9-7-12)17(18)19/h2-9,16H,10-11H2,1H3. The number of anilines is 1. The summed E-state index contributed by atoms with van der Waals surface area (Å²) in [5.74, 6) is 0.802. The number of non-ortho nitro benzene ring substituents is 1. The Kier molecular flexibility index (Phi) is 4.55. The molecule has 0 aliphatic carbocycles. The highest BCUT2D eigenvalue weighted by Crippen LogP contribution is 2.22. The summed E-state index contributed by atoms with van der Waals surface area (Å²) in [4.78, 5) is 10.2. The van der Waals surface area contributed by atoms with Crippen LogP contribution in [0.4, 0.5) is 11.4 Å². The summed E-state index contributed by atoms with van der Waals surface area (Å²) in [7, 11) is 1.64. The lowest BCUT2D eigenvalue weighted by Gasteiger charge is -2.10. The van der Waals surface area contributed by atoms with Crippen LogP contribution in [0.3, 0.4) is 0 Å². The maximum Gasteiger partial charge on any atom is 0.269 e. The maximum atomic E-state index is 10.6. The second-order valence-corrected chi connectivity index (χ2v) is 4.30. The van der Waals surface area contributed by atoms with E-state index in [2.05, 4.69) is 5.32 Å². The molecule has 5 nitrogen and oxygen atoms in total. The lowest BCUT2D eigenvalue weighted by molar-refractivity contribution is -0.384. The Balaban J connectivity index is 1.91. The third kappa shape index (κ3) is 3.47. The normalized spacial score (nSPS) is 10.1. The largest absolute Gasteiger partial charge is 0.495 e. The first-order chi connectivity index (χ1) is 9.70. The minimum Gasteiger partial charge on any atom is -0.495 e. The second-order valence-electron chi connectivity index (χ2n) is 4.30. The van der Waals surface area contributed by atoms with Gasteiger partial charge in [-0.25, -0.2) is 0 Å². The molecule has 0 aliphatic rings. The Hall–Kier alpha value is -2.56. The van der Waals surface area contributed by atoms with E-state index in [1.165, 1.54) is 12.1 Å². The van der Waals surface area contributed by atoms with Crippen molar-refractivity contribution in [1.29, 1.82) is 0 Å². The Morgan fingerprint density at radius 2 is 1.85 bits per heavy atom. The molecule has 0 unspecified atom stereocenters. The molecule has 5 heteroatoms. The number of nitro groups is 1. The lowest BCUT2D eigenvalue weighted by Crippen LogP contribution is -2.06. The fraction of sp³-hybridized carbons (Fsp3) is 0.200. The van der Waals surface area contributed by atoms with Crippen molar-refractivity contribution in [2.24, 2.45) is 0 Å². The van der Waals surface area contributed by atoms with Crippen LogP contribution in [0.1, 0.15) is 5.56 Å². The molecule has 2 aromatic rings. The van der Waals surface area contributed by atoms with Crippen molar-refractivity contribution in [3.63, 3.8) is 0 Å². The average Bonchev–Trinajstić information content (AvgIpc) is 2.48. The van der Waals surface area contributed by atoms with Gasteiger partial charge >= 0.3 is 0 Å². The van der Waals surface area contributed by atoms with Crippen molar-refractivity contribution in [1.82, 2.24) is 0 Å². The van der Waals surface area contributed by atoms with E-state index in [9.17, 15) is 10.1 Å². The molecule has 20 heavy (non-hydrogen) atoms. The van der Waals surface area contributed by atoms with E-state index in [1.807, 2.05) is 24.3 Å². The van der Waals surface area contributed by atoms with E-state index in [0.717, 1.165) is 30.0 Å². The van der Waals surface area contributed by atoms with Crippen LogP contribution in [0.15, 0.2) is 48.5 Å². The van der Waals surface area contributed by atoms with Crippen LogP contribution in [0.2, 0.25) is 0 Å². The number of nitrogens with zero attached hydrogens (tertiary/aromatic N) is 1. The molecule has 0 amide bonds. The molecular weight excluding hydrogens is 256 g/mol. The van der Waals surface area contributed by atoms with Gasteiger partial charge in [-0.05, 0) is 24.1 Å². The van der Waals surface area contributed by atoms with Crippen molar-refractivity contribution in [3.8, 4) is 5.75 Å². The number of hydrogen-bond acceptors (Lipinski definition) is 4. The number of nitro benzene ring substituents is 1. The van der Waals surface area contributed by atoms with Crippen LogP contribution in [-0.2, 0) is 6.42 Å². The summed E-state index contributed by atoms with van der Waals surface area (Å²) in [5.41, 5.74) is 2.11. The zero-order chi connectivity index (χ0) is 14.4. The van der Waals surface area contributed by atoms with E-state index in [0.29, 0.717) is 0 Å². The summed E-state index contributed by atoms with van der Waals surface area (Å²) < 4.78 is 5.25. The minimum absolute atomic E-state index is 0.117. The Labute approximate surface area is 117 Å². The van der Waals surface area contributed by atoms with Gasteiger partial charge in [0.15, 0.2) is 0 Å². The summed E-state index contributed by atoms with van der Waals surface area (Å²) in [6, 6.07) is 14.3. The van der Waals surface area contributed by atoms with E-state index >= 15 is 0 Å². The van der Waals surface area contributed by atoms with Crippen molar-refractivity contribution in [2.45, 2.75) is 6.42 Å². The molecule has 2 rings (SSSR count). The predicted molar refractivity (Wildman–Crippen MR) is 78.3 cm³/mol. The van der Waals surface area contributed by atoms with Crippen LogP contribution >= 0.6 is 0 Å². The first-order valence-electron chi connectivity index (χ1n) is 6.31. The fourth-order valence-corrected chi connectivity index (χ4v) is 1.92. The number of benzene rings is 2. The molecule has 0 aliphatic heterocycles. The molecule has 0 fully saturated rings. The van der Waals surface area contributed by atoms with Crippen LogP contribution in [-0.4, -0.2) is 18.6 Å². The second kappa shape index (κ2) is 6.56. The topological polar surface area (TPSA) is 64.4 Å². The quantitative estimate of drug-likeness (QED) is 0.647. The van der Waals surface area contributed by atoms with E-state index in [4.69, 9.17) is 4.74 Å². The summed E-state index contributed by atoms with van der Waals surface area (Å²) >= 11 is 0. The van der Waals surface area contributed by atoms with Crippen molar-refractivity contribution >= 4 is 11.4 Å². The summed E-state index contributed by atoms with van der Waals surface area (Å²) in [6.45, 7) is 0.734. The molecule has 104 valence electrons. The molecule has 0 bridgehead atoms. The zero-order valence-corrected chi connectivity index (χ0v) is 11.2. The SMILES string of the molecule is COc1ccccc1NCCc1ccc([N+](=O)[O-])cc1. The van der Waals surface area contributed by atoms with Crippen LogP contribution in [0.5, 0.6) is 5.75 Å². The fourth-order valence-electron chi connectivity index (χ4n) is 1.92. The van der Waals surface area contributed by atoms with Crippen LogP contribution < -0.4 is 10.1 Å². The van der Waals surface area contributed by atoms with Gasteiger partial charge in [0, 0.05) is 18.7 Å². The lowest BCUT2D eigenvalue weighted by atomic mass is 10.1. The van der Waals surface area contributed by atoms with Crippen LogP contribution in [0, 0.1) is 10.1 Å². The van der Waals surface area contributed by atoms with Gasteiger partial charge in [0.25, 0.3) is 5.69 Å². The molecule has 2 aromatic carbocycles. The molecule has 1 N–H and O–H groups in total. The van der Waals surface area contributed by atoms with Gasteiger partial charge in [0.05, 0.1) is 17.7 Å². The van der Waals surface area contributed by atoms with E-state index in [-0.39, 0.29) is 5.69 Å². The van der Waals surface area contributed by atoms with Gasteiger partial charge in [-0.15, -0.1) is 0 Å². The molecule has 0 saturated carbocycles. The Morgan fingerprint density at radius 3 is 2.50 bits per heavy atom. The average molecular weight is 272 g/mol. The van der Waals surface area contributed by atoms with Gasteiger partial charge in [-0.3, -0.25) is 10.1 Å². The number of hydrogen-bond donors (Lipinski definition) is 1. The molecule has 0 radical (unpaired) electrons. The number of methoxy groups -OCH3 is 1. The molecular formula is C15H16N2O3. The monoisotopic (exact) mass is 272 g/mol. The molecule has 0 atom stereocenters. The number of ether oxygens (including phenoxy) is 1. The highest BCUT2D eigenvalue weighted by atomic mass is 16.6. The number of para-hydroxylation sites is 2. The smallest absolute Gasteiger partial charge is 0.269 e. The third-order valence-electron chi connectivity index (χ3n) is 2.98. The highest BCUT2D eigenvalue weighted by Gasteiger charge is 2.04. The van der Waals surface area contributed by atoms with Crippen LogP contribution in [0.25, 0.3) is 0 Å².